The lowest BCUT2D eigenvalue weighted by atomic mass is 9.99. The Morgan fingerprint density at radius 3 is 2.63 bits per heavy atom. The molecule has 1 aromatic rings. The normalized spacial score (nSPS) is 13.1. The molecule has 0 spiro atoms. The minimum Gasteiger partial charge on any atom is -0.480 e. The number of nitrogens with zero attached hydrogens (tertiary/aromatic N) is 2. The topological polar surface area (TPSA) is 103 Å². The highest BCUT2D eigenvalue weighted by Gasteiger charge is 2.26. The fourth-order valence-corrected chi connectivity index (χ4v) is 1.49. The predicted octanol–water partition coefficient (Wildman–Crippen LogP) is 1.18. The van der Waals surface area contributed by atoms with Crippen LogP contribution in [0.4, 0.5) is 0 Å². The van der Waals surface area contributed by atoms with Crippen molar-refractivity contribution in [2.24, 2.45) is 5.92 Å². The van der Waals surface area contributed by atoms with Crippen LogP contribution in [-0.4, -0.2) is 28.0 Å². The molecule has 0 aliphatic rings. The standard InChI is InChI=1S/C13H15N3O3/c1-3-8(2)11(13(18)19)16-12(17)10-5-4-9(6-14)7-15-10/h4-5,7-8,11H,3H2,1-2H3,(H,16,17)(H,18,19)/t8-,11-/m0/s1. The predicted molar refractivity (Wildman–Crippen MR) is 67.3 cm³/mol. The summed E-state index contributed by atoms with van der Waals surface area (Å²) in [6, 6.07) is 3.79. The Bertz CT molecular complexity index is 505. The highest BCUT2D eigenvalue weighted by Crippen LogP contribution is 2.09. The van der Waals surface area contributed by atoms with E-state index >= 15 is 0 Å². The molecule has 0 aliphatic heterocycles. The summed E-state index contributed by atoms with van der Waals surface area (Å²) < 4.78 is 0. The number of hydrogen-bond acceptors (Lipinski definition) is 4. The third-order valence-corrected chi connectivity index (χ3v) is 2.89. The molecule has 0 radical (unpaired) electrons. The molecule has 6 heteroatoms. The lowest BCUT2D eigenvalue weighted by molar-refractivity contribution is -0.140. The van der Waals surface area contributed by atoms with Crippen LogP contribution in [0, 0.1) is 17.2 Å². The summed E-state index contributed by atoms with van der Waals surface area (Å²) in [5.74, 6) is -1.81. The molecule has 19 heavy (non-hydrogen) atoms. The van der Waals surface area contributed by atoms with Gasteiger partial charge in [0.15, 0.2) is 0 Å². The van der Waals surface area contributed by atoms with Crippen LogP contribution in [0.5, 0.6) is 0 Å². The molecule has 0 saturated heterocycles. The van der Waals surface area contributed by atoms with Crippen LogP contribution in [-0.2, 0) is 4.79 Å². The second-order valence-corrected chi connectivity index (χ2v) is 4.22. The average Bonchev–Trinajstić information content (AvgIpc) is 2.43. The Morgan fingerprint density at radius 2 is 2.21 bits per heavy atom. The third-order valence-electron chi connectivity index (χ3n) is 2.89. The number of nitrogens with one attached hydrogen (secondary N) is 1. The van der Waals surface area contributed by atoms with E-state index < -0.39 is 17.9 Å². The van der Waals surface area contributed by atoms with Gasteiger partial charge in [-0.05, 0) is 18.1 Å². The Morgan fingerprint density at radius 1 is 1.53 bits per heavy atom. The van der Waals surface area contributed by atoms with E-state index in [2.05, 4.69) is 10.3 Å². The zero-order chi connectivity index (χ0) is 14.4. The molecule has 1 heterocycles. The average molecular weight is 261 g/mol. The molecule has 1 rings (SSSR count). The molecule has 1 aromatic heterocycles. The van der Waals surface area contributed by atoms with E-state index in [4.69, 9.17) is 10.4 Å². The lowest BCUT2D eigenvalue weighted by Crippen LogP contribution is -2.45. The second-order valence-electron chi connectivity index (χ2n) is 4.22. The van der Waals surface area contributed by atoms with Crippen molar-refractivity contribution in [2.45, 2.75) is 26.3 Å². The maximum Gasteiger partial charge on any atom is 0.326 e. The molecule has 0 aliphatic carbocycles. The fourth-order valence-electron chi connectivity index (χ4n) is 1.49. The zero-order valence-corrected chi connectivity index (χ0v) is 10.8. The molecule has 0 unspecified atom stereocenters. The number of carbonyl (C=O) groups excluding carboxylic acids is 1. The van der Waals surface area contributed by atoms with Gasteiger partial charge >= 0.3 is 5.97 Å². The zero-order valence-electron chi connectivity index (χ0n) is 10.8. The van der Waals surface area contributed by atoms with E-state index in [-0.39, 0.29) is 11.6 Å². The van der Waals surface area contributed by atoms with Gasteiger partial charge in [0.05, 0.1) is 5.56 Å². The summed E-state index contributed by atoms with van der Waals surface area (Å²) in [6.07, 6.45) is 1.91. The molecule has 100 valence electrons. The Balaban J connectivity index is 2.82. The van der Waals surface area contributed by atoms with Crippen LogP contribution < -0.4 is 5.32 Å². The van der Waals surface area contributed by atoms with Gasteiger partial charge in [-0.1, -0.05) is 20.3 Å². The van der Waals surface area contributed by atoms with E-state index in [0.29, 0.717) is 12.0 Å². The largest absolute Gasteiger partial charge is 0.480 e. The molecule has 1 amide bonds. The van der Waals surface area contributed by atoms with Gasteiger partial charge in [-0.3, -0.25) is 4.79 Å². The van der Waals surface area contributed by atoms with E-state index in [1.807, 2.05) is 13.0 Å². The van der Waals surface area contributed by atoms with Gasteiger partial charge in [-0.25, -0.2) is 9.78 Å². The van der Waals surface area contributed by atoms with Crippen molar-refractivity contribution in [2.75, 3.05) is 0 Å². The van der Waals surface area contributed by atoms with Gasteiger partial charge < -0.3 is 10.4 Å². The number of amides is 1. The van der Waals surface area contributed by atoms with Crippen molar-refractivity contribution >= 4 is 11.9 Å². The van der Waals surface area contributed by atoms with Gasteiger partial charge in [-0.15, -0.1) is 0 Å². The molecular formula is C13H15N3O3. The fraction of sp³-hybridized carbons (Fsp3) is 0.385. The smallest absolute Gasteiger partial charge is 0.326 e. The van der Waals surface area contributed by atoms with Crippen LogP contribution >= 0.6 is 0 Å². The summed E-state index contributed by atoms with van der Waals surface area (Å²) in [6.45, 7) is 3.61. The summed E-state index contributed by atoms with van der Waals surface area (Å²) in [5.41, 5.74) is 0.432. The molecule has 2 atom stereocenters. The molecule has 2 N–H and O–H groups in total. The summed E-state index contributed by atoms with van der Waals surface area (Å²) in [5, 5.41) is 20.1. The van der Waals surface area contributed by atoms with Gasteiger partial charge in [0.2, 0.25) is 0 Å². The Labute approximate surface area is 111 Å². The minimum absolute atomic E-state index is 0.0913. The van der Waals surface area contributed by atoms with Gasteiger partial charge in [0.25, 0.3) is 5.91 Å². The number of aliphatic carboxylic acids is 1. The first kappa shape index (κ1) is 14.6. The maximum absolute atomic E-state index is 11.9. The molecular weight excluding hydrogens is 246 g/mol. The highest BCUT2D eigenvalue weighted by molar-refractivity contribution is 5.95. The van der Waals surface area contributed by atoms with Crippen LogP contribution in [0.25, 0.3) is 0 Å². The summed E-state index contributed by atoms with van der Waals surface area (Å²) in [7, 11) is 0. The van der Waals surface area contributed by atoms with Gasteiger partial charge in [0.1, 0.15) is 17.8 Å². The van der Waals surface area contributed by atoms with Crippen LogP contribution in [0.2, 0.25) is 0 Å². The van der Waals surface area contributed by atoms with Crippen LogP contribution in [0.1, 0.15) is 36.3 Å². The first-order valence-corrected chi connectivity index (χ1v) is 5.89. The lowest BCUT2D eigenvalue weighted by Gasteiger charge is -2.19. The number of nitriles is 1. The minimum atomic E-state index is -1.07. The molecule has 0 fully saturated rings. The number of pyridine rings is 1. The maximum atomic E-state index is 11.9. The van der Waals surface area contributed by atoms with Crippen molar-refractivity contribution in [3.63, 3.8) is 0 Å². The van der Waals surface area contributed by atoms with Gasteiger partial charge in [0, 0.05) is 6.20 Å². The highest BCUT2D eigenvalue weighted by atomic mass is 16.4. The van der Waals surface area contributed by atoms with Crippen molar-refractivity contribution in [3.8, 4) is 6.07 Å². The van der Waals surface area contributed by atoms with E-state index in [1.165, 1.54) is 18.3 Å². The number of carboxylic acid groups (broad SMARTS) is 1. The van der Waals surface area contributed by atoms with Crippen LogP contribution in [0.15, 0.2) is 18.3 Å². The summed E-state index contributed by atoms with van der Waals surface area (Å²) >= 11 is 0. The number of rotatable bonds is 5. The van der Waals surface area contributed by atoms with Crippen molar-refractivity contribution < 1.29 is 14.7 Å². The first-order chi connectivity index (χ1) is 8.99. The number of aromatic nitrogens is 1. The second kappa shape index (κ2) is 6.50. The third kappa shape index (κ3) is 3.78. The Kier molecular flexibility index (Phi) is 5.01. The van der Waals surface area contributed by atoms with Crippen LogP contribution in [0.3, 0.4) is 0 Å². The molecule has 0 saturated carbocycles. The monoisotopic (exact) mass is 261 g/mol. The number of carboxylic acids is 1. The number of carbonyl (C=O) groups is 2. The van der Waals surface area contributed by atoms with E-state index in [9.17, 15) is 9.59 Å². The van der Waals surface area contributed by atoms with Gasteiger partial charge in [-0.2, -0.15) is 5.26 Å². The SMILES string of the molecule is CC[C@H](C)[C@H](NC(=O)c1ccc(C#N)cn1)C(=O)O. The summed E-state index contributed by atoms with van der Waals surface area (Å²) in [4.78, 5) is 26.8. The molecule has 0 bridgehead atoms. The molecule has 0 aromatic carbocycles. The quantitative estimate of drug-likeness (QED) is 0.828. The Hall–Kier alpha value is -2.42. The molecule has 6 nitrogen and oxygen atoms in total. The van der Waals surface area contributed by atoms with Crippen molar-refractivity contribution in [1.29, 1.82) is 5.26 Å². The van der Waals surface area contributed by atoms with Crippen molar-refractivity contribution in [1.82, 2.24) is 10.3 Å². The van der Waals surface area contributed by atoms with E-state index in [0.717, 1.165) is 0 Å². The number of hydrogen-bond donors (Lipinski definition) is 2. The first-order valence-electron chi connectivity index (χ1n) is 5.89. The van der Waals surface area contributed by atoms with E-state index in [1.54, 1.807) is 6.92 Å². The van der Waals surface area contributed by atoms with Crippen molar-refractivity contribution in [3.05, 3.63) is 29.6 Å².